The molecule has 0 radical (unpaired) electrons. The first-order valence-electron chi connectivity index (χ1n) is 41.2. The van der Waals surface area contributed by atoms with Gasteiger partial charge in [-0.25, -0.2) is 34.3 Å². The van der Waals surface area contributed by atoms with Crippen LogP contribution in [-0.4, -0.2) is 227 Å². The molecular formula is C92H138Cl2N20O16S. The van der Waals surface area contributed by atoms with Crippen molar-refractivity contribution in [3.8, 4) is 23.0 Å². The number of nitrogens with one attached hydrogen (secondary N) is 6. The largest absolute Gasteiger partial charge is 0.484 e. The van der Waals surface area contributed by atoms with Gasteiger partial charge < -0.3 is 109 Å². The summed E-state index contributed by atoms with van der Waals surface area (Å²) in [5, 5.41) is 27.7. The molecule has 0 aliphatic carbocycles. The maximum atomic E-state index is 12.2. The Hall–Kier alpha value is -12.8. The molecule has 131 heavy (non-hydrogen) atoms. The third-order valence-electron chi connectivity index (χ3n) is 16.9. The predicted molar refractivity (Wildman–Crippen MR) is 523 cm³/mol. The number of amides is 7. The number of alkyl carbamates (subject to hydrolysis) is 2. The maximum Gasteiger partial charge on any atom is 0.407 e. The highest BCUT2D eigenvalue weighted by Crippen LogP contribution is 2.21. The zero-order valence-electron chi connectivity index (χ0n) is 75.8. The van der Waals surface area contributed by atoms with E-state index >= 15 is 0 Å². The van der Waals surface area contributed by atoms with E-state index in [0.717, 1.165) is 118 Å². The van der Waals surface area contributed by atoms with Crippen molar-refractivity contribution in [1.82, 2.24) is 61.2 Å². The molecule has 6 aromatic carbocycles. The third-order valence-corrected chi connectivity index (χ3v) is 17.7. The Kier molecular flexibility index (Phi) is 66.1. The van der Waals surface area contributed by atoms with Gasteiger partial charge in [0.15, 0.2) is 71.5 Å². The van der Waals surface area contributed by atoms with Gasteiger partial charge in [0.05, 0.1) is 12.3 Å². The maximum absolute atomic E-state index is 12.2. The molecule has 0 saturated heterocycles. The van der Waals surface area contributed by atoms with Gasteiger partial charge in [-0.3, -0.25) is 39.7 Å². The summed E-state index contributed by atoms with van der Waals surface area (Å²) in [7, 11) is 13.9. The molecule has 0 aliphatic rings. The van der Waals surface area contributed by atoms with E-state index in [9.17, 15) is 38.4 Å². The fourth-order valence-electron chi connectivity index (χ4n) is 9.88. The number of rotatable bonds is 38. The van der Waals surface area contributed by atoms with E-state index in [1.54, 1.807) is 69.3 Å². The number of unbranched alkanes of at least 4 members (excludes halogenated alkanes) is 4. The standard InChI is InChI=1S/C22H28N2O4.C22H27NO5.C20H27ClN8O3.C14H22N2O2.C8H12N6OS.C2H7N.C2H6O.2CH4.ClH/c1-24(2)21(25)17-27-20-13-11-18(12-14-20)8-6-7-15-23-22(26)28-16-19-9-4-3-5-10-19;1-2-26-21(24)17-27-20-13-11-18(12-14-20)8-6-7-15-23-22(25)28-16-19-9-4-3-5-10-19;1-29(2)14(30)11-32-13-8-6-12(7-9-13)5-3-4-10-25-20(24)28-19(31)15-17(22)27-18(23)16(21)26-15;1-16(2)14(17)11-18-13-8-6-12(7-9-13)5-3-4-10-15;1-3-5(9)13-6(10)4(12-3)7(15)14-8(11)16-2;1-3-2;1-2-3;;;/h3-5,9-14H,6-8,15-17H2,1-2H3,(H,23,26);3-5,9-14H,2,6-8,15-17H2,1H3,(H,23,25);6-9H,3-5,10-11H2,1-2H3,(H4,22,23,27)(H3,24,25,28,31);6-9H,3-5,10-11,15H2,1-2H3;1-2H3,(H4,9,10,13)(H2,11,14,15);3H,1-2H3;3H,2H2,1H3;2*1H4;1H. The Morgan fingerprint density at radius 2 is 0.809 bits per heavy atom. The summed E-state index contributed by atoms with van der Waals surface area (Å²) >= 11 is 6.86. The molecule has 0 aliphatic heterocycles. The lowest BCUT2D eigenvalue weighted by Crippen LogP contribution is -2.38. The number of aryl methyl sites for hydroxylation is 5. The highest BCUT2D eigenvalue weighted by atomic mass is 35.5. The summed E-state index contributed by atoms with van der Waals surface area (Å²) in [4.78, 5) is 117. The van der Waals surface area contributed by atoms with Crippen molar-refractivity contribution in [2.45, 2.75) is 126 Å². The van der Waals surface area contributed by atoms with Crippen molar-refractivity contribution in [3.05, 3.63) is 213 Å². The number of anilines is 4. The zero-order valence-corrected chi connectivity index (χ0v) is 78.2. The van der Waals surface area contributed by atoms with Crippen LogP contribution in [0.2, 0.25) is 5.15 Å². The minimum Gasteiger partial charge on any atom is -0.484 e. The van der Waals surface area contributed by atoms with Gasteiger partial charge in [0.25, 0.3) is 29.5 Å². The first kappa shape index (κ1) is 120. The molecule has 0 spiro atoms. The van der Waals surface area contributed by atoms with Crippen molar-refractivity contribution in [1.29, 1.82) is 5.41 Å². The van der Waals surface area contributed by atoms with Crippen LogP contribution in [0.4, 0.5) is 32.9 Å². The Morgan fingerprint density at radius 3 is 1.16 bits per heavy atom. The number of ether oxygens (including phenoxy) is 7. The number of likely N-dealkylation sites (N-methyl/N-ethyl adjacent to an activating group) is 3. The smallest absolute Gasteiger partial charge is 0.407 e. The molecule has 0 atom stereocenters. The number of aromatic nitrogens is 4. The summed E-state index contributed by atoms with van der Waals surface area (Å²) in [6.07, 6.45) is 12.0. The Balaban J connectivity index is 0. The van der Waals surface area contributed by atoms with E-state index < -0.39 is 24.0 Å². The average Bonchev–Trinajstić information content (AvgIpc) is 0.837. The fourth-order valence-corrected chi connectivity index (χ4v) is 10.2. The van der Waals surface area contributed by atoms with Crippen molar-refractivity contribution < 1.29 is 76.6 Å². The van der Waals surface area contributed by atoms with Gasteiger partial charge in [0.2, 0.25) is 0 Å². The number of amidine groups is 1. The molecule has 39 heteroatoms. The van der Waals surface area contributed by atoms with Gasteiger partial charge in [-0.1, -0.05) is 147 Å². The molecule has 722 valence electrons. The number of esters is 1. The lowest BCUT2D eigenvalue weighted by molar-refractivity contribution is -0.145. The molecule has 36 nitrogen and oxygen atoms in total. The number of hydrogen-bond donors (Lipinski definition) is 13. The number of guanidine groups is 1. The van der Waals surface area contributed by atoms with Gasteiger partial charge in [-0.15, -0.1) is 12.4 Å². The second kappa shape index (κ2) is 72.0. The van der Waals surface area contributed by atoms with Crippen LogP contribution in [0.25, 0.3) is 0 Å². The number of aliphatic hydroxyl groups excluding tert-OH is 1. The highest BCUT2D eigenvalue weighted by molar-refractivity contribution is 8.13. The van der Waals surface area contributed by atoms with Crippen LogP contribution in [0.15, 0.2) is 163 Å². The molecule has 8 rings (SSSR count). The lowest BCUT2D eigenvalue weighted by atomic mass is 10.1. The minimum atomic E-state index is -0.673. The second-order valence-corrected chi connectivity index (χ2v) is 29.3. The van der Waals surface area contributed by atoms with Crippen LogP contribution >= 0.6 is 35.8 Å². The molecule has 8 aromatic rings. The number of nitrogen functional groups attached to an aromatic ring is 4. The SMILES string of the molecule is C.C.CCO.CCOC(=O)COc1ccc(CCCCNC(=O)OCc2ccccc2)cc1.CN(C)C(=O)COc1ccc(CCCCN)cc1.CN(C)C(=O)COc1ccc(CCCCN=C(N)NC(=O)c2nc(Cl)c(N)nc2N)cc1.CN(C)C(=O)COc1ccc(CCCCNC(=O)OCc2ccccc2)cc1.CNC.CSC(=N)NC(=O)c1nc(C)c(N)nc1N.Cl. The normalized spacial score (nSPS) is 9.96. The molecule has 19 N–H and O–H groups in total. The second-order valence-electron chi connectivity index (χ2n) is 28.1. The summed E-state index contributed by atoms with van der Waals surface area (Å²) in [5.74, 6) is 0.739. The van der Waals surface area contributed by atoms with E-state index in [1.165, 1.54) is 31.4 Å². The first-order valence-corrected chi connectivity index (χ1v) is 42.9. The topological polar surface area (TPSA) is 535 Å². The number of benzene rings is 6. The number of nitrogens with zero attached hydrogens (tertiary/aromatic N) is 8. The Bertz CT molecular complexity index is 4590. The third kappa shape index (κ3) is 55.6. The zero-order chi connectivity index (χ0) is 95.0. The number of thioether (sulfide) groups is 1. The number of nitrogens with two attached hydrogens (primary N) is 6. The van der Waals surface area contributed by atoms with Gasteiger partial charge in [0.1, 0.15) is 42.0 Å². The van der Waals surface area contributed by atoms with Gasteiger partial charge in [-0.2, -0.15) is 0 Å². The van der Waals surface area contributed by atoms with Gasteiger partial charge in [-0.05, 0) is 207 Å². The van der Waals surface area contributed by atoms with E-state index in [4.69, 9.17) is 89.7 Å². The van der Waals surface area contributed by atoms with Crippen LogP contribution in [0.5, 0.6) is 23.0 Å². The summed E-state index contributed by atoms with van der Waals surface area (Å²) in [5.41, 5.74) is 40.2. The van der Waals surface area contributed by atoms with Crippen molar-refractivity contribution >= 4 is 118 Å². The van der Waals surface area contributed by atoms with Gasteiger partial charge >= 0.3 is 18.2 Å². The van der Waals surface area contributed by atoms with Crippen LogP contribution in [0.3, 0.4) is 0 Å². The number of carbonyl (C=O) groups is 8. The van der Waals surface area contributed by atoms with Crippen LogP contribution in [0.1, 0.15) is 140 Å². The number of aliphatic imine (C=N–C) groups is 1. The lowest BCUT2D eigenvalue weighted by Gasteiger charge is -2.11. The molecule has 0 fully saturated rings. The van der Waals surface area contributed by atoms with E-state index in [0.29, 0.717) is 49.2 Å². The fraction of sp³-hybridized carbons (Fsp3) is 0.413. The van der Waals surface area contributed by atoms with E-state index in [1.807, 2.05) is 172 Å². The first-order chi connectivity index (χ1) is 61.3. The van der Waals surface area contributed by atoms with Crippen LogP contribution < -0.4 is 79.9 Å². The van der Waals surface area contributed by atoms with Crippen molar-refractivity contribution in [3.63, 3.8) is 0 Å². The monoisotopic (exact) mass is 1880 g/mol. The molecule has 0 bridgehead atoms. The molecule has 2 heterocycles. The van der Waals surface area contributed by atoms with Crippen LogP contribution in [-0.2, 0) is 72.3 Å². The molecular weight excluding hydrogens is 1740 g/mol. The van der Waals surface area contributed by atoms with Gasteiger partial charge in [0, 0.05) is 68.5 Å². The van der Waals surface area contributed by atoms with E-state index in [2.05, 4.69) is 51.5 Å². The highest BCUT2D eigenvalue weighted by Gasteiger charge is 2.19. The Morgan fingerprint density at radius 1 is 0.473 bits per heavy atom. The van der Waals surface area contributed by atoms with Crippen LogP contribution in [0, 0.1) is 12.3 Å². The Labute approximate surface area is 786 Å². The van der Waals surface area contributed by atoms with E-state index in [-0.39, 0.29) is 148 Å². The summed E-state index contributed by atoms with van der Waals surface area (Å²) < 4.78 is 36.8. The summed E-state index contributed by atoms with van der Waals surface area (Å²) in [6, 6.07) is 50.0. The number of hydrogen-bond acceptors (Lipinski definition) is 29. The minimum absolute atomic E-state index is 0. The predicted octanol–water partition coefficient (Wildman–Crippen LogP) is 11.0. The number of halogens is 2. The molecule has 0 unspecified atom stereocenters. The van der Waals surface area contributed by atoms with Crippen molar-refractivity contribution in [2.75, 3.05) is 151 Å². The number of carbonyl (C=O) groups excluding carboxylic acids is 8. The molecule has 2 aromatic heterocycles. The number of aliphatic hydroxyl groups is 1. The molecule has 7 amide bonds. The average molecular weight is 1880 g/mol. The van der Waals surface area contributed by atoms with Crippen molar-refractivity contribution in [2.24, 2.45) is 16.5 Å². The summed E-state index contributed by atoms with van der Waals surface area (Å²) in [6.45, 7) is 8.60. The quantitative estimate of drug-likeness (QED) is 0.00562. The molecule has 0 saturated carbocycles.